The van der Waals surface area contributed by atoms with Gasteiger partial charge in [-0.2, -0.15) is 0 Å². The fourth-order valence-corrected chi connectivity index (χ4v) is 3.03. The number of methoxy groups -OCH3 is 1. The van der Waals surface area contributed by atoms with Crippen molar-refractivity contribution in [3.05, 3.63) is 28.7 Å². The van der Waals surface area contributed by atoms with Gasteiger partial charge in [-0.3, -0.25) is 9.69 Å². The number of likely N-dealkylation sites (tertiary alicyclic amines) is 1. The van der Waals surface area contributed by atoms with Gasteiger partial charge in [0.1, 0.15) is 18.5 Å². The van der Waals surface area contributed by atoms with Crippen molar-refractivity contribution in [1.29, 1.82) is 0 Å². The lowest BCUT2D eigenvalue weighted by molar-refractivity contribution is -0.153. The lowest BCUT2D eigenvalue weighted by Gasteiger charge is -2.31. The first-order valence-electron chi connectivity index (χ1n) is 8.40. The predicted molar refractivity (Wildman–Crippen MR) is 96.3 cm³/mol. The average molecular weight is 400 g/mol. The van der Waals surface area contributed by atoms with Gasteiger partial charge in [-0.15, -0.1) is 0 Å². The van der Waals surface area contributed by atoms with Crippen LogP contribution in [-0.2, 0) is 14.3 Å². The summed E-state index contributed by atoms with van der Waals surface area (Å²) in [6.07, 6.45) is 2.02. The van der Waals surface area contributed by atoms with Crippen molar-refractivity contribution >= 4 is 21.9 Å². The van der Waals surface area contributed by atoms with Gasteiger partial charge >= 0.3 is 5.97 Å². The number of hydrogen-bond donors (Lipinski definition) is 0. The molecule has 2 rings (SSSR count). The van der Waals surface area contributed by atoms with Crippen molar-refractivity contribution in [3.63, 3.8) is 0 Å². The van der Waals surface area contributed by atoms with Crippen LogP contribution in [0.2, 0.25) is 0 Å². The highest BCUT2D eigenvalue weighted by Gasteiger charge is 2.22. The van der Waals surface area contributed by atoms with Crippen LogP contribution in [0, 0.1) is 0 Å². The van der Waals surface area contributed by atoms with Gasteiger partial charge in [0.05, 0.1) is 12.5 Å². The summed E-state index contributed by atoms with van der Waals surface area (Å²) in [7, 11) is 1.60. The number of rotatable bonds is 8. The Bertz CT molecular complexity index is 517. The minimum absolute atomic E-state index is 0.0313. The predicted octanol–water partition coefficient (Wildman–Crippen LogP) is 3.26. The molecule has 1 aromatic carbocycles. The lowest BCUT2D eigenvalue weighted by Crippen LogP contribution is -2.40. The molecule has 0 saturated carbocycles. The number of benzene rings is 1. The van der Waals surface area contributed by atoms with Crippen molar-refractivity contribution in [2.45, 2.75) is 38.4 Å². The van der Waals surface area contributed by atoms with E-state index in [4.69, 9.17) is 14.2 Å². The SMILES string of the molecule is COC(C)CC(=O)OC1CCN(CCOc2cccc(Br)c2)CC1. The molecule has 0 bridgehead atoms. The fraction of sp³-hybridized carbons (Fsp3) is 0.611. The second kappa shape index (κ2) is 10.0. The summed E-state index contributed by atoms with van der Waals surface area (Å²) in [6.45, 7) is 5.27. The molecule has 0 aromatic heterocycles. The van der Waals surface area contributed by atoms with Crippen LogP contribution in [0.15, 0.2) is 28.7 Å². The Labute approximate surface area is 152 Å². The molecule has 1 saturated heterocycles. The number of carbonyl (C=O) groups excluding carboxylic acids is 1. The number of ether oxygens (including phenoxy) is 3. The number of piperidine rings is 1. The van der Waals surface area contributed by atoms with Crippen molar-refractivity contribution < 1.29 is 19.0 Å². The molecule has 1 atom stereocenters. The van der Waals surface area contributed by atoms with Gasteiger partial charge in [-0.1, -0.05) is 22.0 Å². The van der Waals surface area contributed by atoms with Crippen molar-refractivity contribution in [1.82, 2.24) is 4.90 Å². The number of esters is 1. The van der Waals surface area contributed by atoms with Crippen LogP contribution >= 0.6 is 15.9 Å². The first-order valence-corrected chi connectivity index (χ1v) is 9.19. The molecule has 0 spiro atoms. The van der Waals surface area contributed by atoms with E-state index in [9.17, 15) is 4.79 Å². The summed E-state index contributed by atoms with van der Waals surface area (Å²) >= 11 is 3.44. The van der Waals surface area contributed by atoms with E-state index in [0.29, 0.717) is 13.0 Å². The summed E-state index contributed by atoms with van der Waals surface area (Å²) in [4.78, 5) is 14.1. The van der Waals surface area contributed by atoms with Crippen LogP contribution < -0.4 is 4.74 Å². The largest absolute Gasteiger partial charge is 0.492 e. The summed E-state index contributed by atoms with van der Waals surface area (Å²) in [5.41, 5.74) is 0. The maximum Gasteiger partial charge on any atom is 0.308 e. The maximum atomic E-state index is 11.8. The number of halogens is 1. The second-order valence-corrected chi connectivity index (χ2v) is 7.00. The molecule has 0 aliphatic carbocycles. The lowest BCUT2D eigenvalue weighted by atomic mass is 10.1. The average Bonchev–Trinajstić information content (AvgIpc) is 2.56. The minimum Gasteiger partial charge on any atom is -0.492 e. The van der Waals surface area contributed by atoms with E-state index in [1.165, 1.54) is 0 Å². The van der Waals surface area contributed by atoms with Crippen LogP contribution in [0.1, 0.15) is 26.2 Å². The first kappa shape index (κ1) is 19.2. The zero-order valence-electron chi connectivity index (χ0n) is 14.4. The molecule has 6 heteroatoms. The fourth-order valence-electron chi connectivity index (χ4n) is 2.65. The van der Waals surface area contributed by atoms with E-state index in [2.05, 4.69) is 20.8 Å². The topological polar surface area (TPSA) is 48.0 Å². The molecule has 1 aliphatic heterocycles. The monoisotopic (exact) mass is 399 g/mol. The van der Waals surface area contributed by atoms with Crippen molar-refractivity contribution in [2.24, 2.45) is 0 Å². The quantitative estimate of drug-likeness (QED) is 0.627. The Morgan fingerprint density at radius 3 is 2.79 bits per heavy atom. The van der Waals surface area contributed by atoms with Crippen molar-refractivity contribution in [3.8, 4) is 5.75 Å². The molecule has 1 unspecified atom stereocenters. The molecule has 1 fully saturated rings. The Kier molecular flexibility index (Phi) is 8.02. The highest BCUT2D eigenvalue weighted by molar-refractivity contribution is 9.10. The van der Waals surface area contributed by atoms with Gasteiger partial charge in [0, 0.05) is 31.2 Å². The smallest absolute Gasteiger partial charge is 0.308 e. The standard InChI is InChI=1S/C18H26BrNO4/c1-14(22-2)12-18(21)24-16-6-8-20(9-7-16)10-11-23-17-5-3-4-15(19)13-17/h3-5,13-14,16H,6-12H2,1-2H3. The zero-order chi connectivity index (χ0) is 17.4. The molecule has 5 nitrogen and oxygen atoms in total. The third-order valence-corrected chi connectivity index (χ3v) is 4.65. The summed E-state index contributed by atoms with van der Waals surface area (Å²) < 4.78 is 17.4. The minimum atomic E-state index is -0.166. The van der Waals surface area contributed by atoms with E-state index in [-0.39, 0.29) is 18.2 Å². The van der Waals surface area contributed by atoms with Crippen LogP contribution in [0.25, 0.3) is 0 Å². The summed E-state index contributed by atoms with van der Waals surface area (Å²) in [6, 6.07) is 7.86. The molecule has 0 amide bonds. The van der Waals surface area contributed by atoms with Gasteiger partial charge in [0.25, 0.3) is 0 Å². The Morgan fingerprint density at radius 2 is 2.12 bits per heavy atom. The second-order valence-electron chi connectivity index (χ2n) is 6.09. The van der Waals surface area contributed by atoms with Gasteiger partial charge in [-0.25, -0.2) is 0 Å². The third-order valence-electron chi connectivity index (χ3n) is 4.16. The molecular formula is C18H26BrNO4. The number of carbonyl (C=O) groups is 1. The van der Waals surface area contributed by atoms with Crippen LogP contribution in [0.4, 0.5) is 0 Å². The molecule has 1 aliphatic rings. The Balaban J connectivity index is 1.61. The van der Waals surface area contributed by atoms with Gasteiger partial charge in [-0.05, 0) is 38.0 Å². The molecule has 134 valence electrons. The highest BCUT2D eigenvalue weighted by atomic mass is 79.9. The Hall–Kier alpha value is -1.11. The van der Waals surface area contributed by atoms with Crippen LogP contribution in [0.3, 0.4) is 0 Å². The number of hydrogen-bond acceptors (Lipinski definition) is 5. The molecular weight excluding hydrogens is 374 g/mol. The summed E-state index contributed by atoms with van der Waals surface area (Å²) in [5.74, 6) is 0.709. The van der Waals surface area contributed by atoms with E-state index in [1.54, 1.807) is 7.11 Å². The zero-order valence-corrected chi connectivity index (χ0v) is 16.0. The van der Waals surface area contributed by atoms with E-state index >= 15 is 0 Å². The molecule has 0 radical (unpaired) electrons. The summed E-state index contributed by atoms with van der Waals surface area (Å²) in [5, 5.41) is 0. The Morgan fingerprint density at radius 1 is 1.38 bits per heavy atom. The first-order chi connectivity index (χ1) is 11.6. The van der Waals surface area contributed by atoms with Gasteiger partial charge < -0.3 is 14.2 Å². The molecule has 1 aromatic rings. The normalized spacial score (nSPS) is 17.5. The molecule has 0 N–H and O–H groups in total. The number of nitrogens with zero attached hydrogens (tertiary/aromatic N) is 1. The highest BCUT2D eigenvalue weighted by Crippen LogP contribution is 2.18. The van der Waals surface area contributed by atoms with Gasteiger partial charge in [0.15, 0.2) is 0 Å². The van der Waals surface area contributed by atoms with E-state index in [1.807, 2.05) is 31.2 Å². The van der Waals surface area contributed by atoms with Crippen molar-refractivity contribution in [2.75, 3.05) is 33.4 Å². The molecule has 24 heavy (non-hydrogen) atoms. The van der Waals surface area contributed by atoms with E-state index < -0.39 is 0 Å². The van der Waals surface area contributed by atoms with Crippen LogP contribution in [0.5, 0.6) is 5.75 Å². The van der Waals surface area contributed by atoms with Gasteiger partial charge in [0.2, 0.25) is 0 Å². The maximum absolute atomic E-state index is 11.8. The molecule has 1 heterocycles. The van der Waals surface area contributed by atoms with E-state index in [0.717, 1.165) is 42.7 Å². The third kappa shape index (κ3) is 6.79. The van der Waals surface area contributed by atoms with Crippen LogP contribution in [-0.4, -0.2) is 56.4 Å².